The molecule has 3 aromatic carbocycles. The van der Waals surface area contributed by atoms with Crippen molar-refractivity contribution < 1.29 is 57.1 Å². The third kappa shape index (κ3) is 22.6. The standard InChI is InChI=1S/C50H64O12/c1-4-46(51)58-36-19-13-12-17-35-57-43-28-24-41(25-29-43)50(55)62-45-32-30-44(31-33-45)61-49(54)40-22-26-42(27-23-40)56-34-16-10-8-6-5-7-9-11-18-37-59-47(52)21-15-14-20-38-60-48(53)39(2)3/h4,22-33H,1-2,5-21,34-38H2,3H3. The van der Waals surface area contributed by atoms with Crippen LogP contribution in [-0.4, -0.2) is 62.9 Å². The third-order valence-corrected chi connectivity index (χ3v) is 9.57. The Morgan fingerprint density at radius 1 is 0.452 bits per heavy atom. The molecule has 12 nitrogen and oxygen atoms in total. The van der Waals surface area contributed by atoms with Gasteiger partial charge in [-0.25, -0.2) is 19.2 Å². The van der Waals surface area contributed by atoms with Crippen LogP contribution in [-0.2, 0) is 28.6 Å². The van der Waals surface area contributed by atoms with Crippen molar-refractivity contribution in [3.63, 3.8) is 0 Å². The van der Waals surface area contributed by atoms with Crippen LogP contribution in [0.15, 0.2) is 97.6 Å². The van der Waals surface area contributed by atoms with Gasteiger partial charge in [0, 0.05) is 18.1 Å². The SMILES string of the molecule is C=CC(=O)OCCCCCCOc1ccc(C(=O)Oc2ccc(OC(=O)c3ccc(OCCCCCCCCCCCOC(=O)CCCCCOC(=O)C(=C)C)cc3)cc2)cc1. The third-order valence-electron chi connectivity index (χ3n) is 9.57. The first kappa shape index (κ1) is 50.4. The number of carbonyl (C=O) groups excluding carboxylic acids is 5. The summed E-state index contributed by atoms with van der Waals surface area (Å²) in [4.78, 5) is 59.7. The molecule has 0 amide bonds. The smallest absolute Gasteiger partial charge is 0.343 e. The number of esters is 5. The molecular formula is C50H64O12. The zero-order valence-electron chi connectivity index (χ0n) is 36.4. The van der Waals surface area contributed by atoms with Crippen LogP contribution < -0.4 is 18.9 Å². The van der Waals surface area contributed by atoms with E-state index in [9.17, 15) is 24.0 Å². The van der Waals surface area contributed by atoms with Crippen LogP contribution in [0.25, 0.3) is 0 Å². The minimum Gasteiger partial charge on any atom is -0.494 e. The maximum Gasteiger partial charge on any atom is 0.343 e. The Kier molecular flexibility index (Phi) is 25.2. The number of ether oxygens (including phenoxy) is 7. The normalized spacial score (nSPS) is 10.6. The van der Waals surface area contributed by atoms with Gasteiger partial charge < -0.3 is 33.2 Å². The molecule has 0 saturated heterocycles. The summed E-state index contributed by atoms with van der Waals surface area (Å²) in [6, 6.07) is 19.8. The van der Waals surface area contributed by atoms with Crippen molar-refractivity contribution in [3.8, 4) is 23.0 Å². The van der Waals surface area contributed by atoms with Crippen molar-refractivity contribution in [2.24, 2.45) is 0 Å². The molecule has 0 unspecified atom stereocenters. The molecule has 0 bridgehead atoms. The van der Waals surface area contributed by atoms with Crippen LogP contribution in [0.5, 0.6) is 23.0 Å². The molecule has 0 heterocycles. The van der Waals surface area contributed by atoms with Gasteiger partial charge >= 0.3 is 29.8 Å². The Bertz CT molecular complexity index is 1800. The Morgan fingerprint density at radius 3 is 1.23 bits per heavy atom. The highest BCUT2D eigenvalue weighted by Gasteiger charge is 2.12. The molecule has 3 aromatic rings. The summed E-state index contributed by atoms with van der Waals surface area (Å²) in [6.45, 7) is 10.9. The van der Waals surface area contributed by atoms with E-state index in [-0.39, 0.29) is 11.9 Å². The monoisotopic (exact) mass is 856 g/mol. The molecule has 0 fully saturated rings. The van der Waals surface area contributed by atoms with E-state index >= 15 is 0 Å². The second kappa shape index (κ2) is 31.0. The van der Waals surface area contributed by atoms with Gasteiger partial charge in [-0.2, -0.15) is 0 Å². The summed E-state index contributed by atoms with van der Waals surface area (Å²) in [6.07, 6.45) is 17.1. The Morgan fingerprint density at radius 2 is 0.806 bits per heavy atom. The first-order valence-corrected chi connectivity index (χ1v) is 21.9. The number of hydrogen-bond donors (Lipinski definition) is 0. The molecule has 0 aromatic heterocycles. The molecule has 3 rings (SSSR count). The van der Waals surface area contributed by atoms with E-state index in [4.69, 9.17) is 33.2 Å². The van der Waals surface area contributed by atoms with E-state index in [0.29, 0.717) is 79.2 Å². The summed E-state index contributed by atoms with van der Waals surface area (Å²) < 4.78 is 37.9. The molecule has 0 saturated carbocycles. The predicted octanol–water partition coefficient (Wildman–Crippen LogP) is 10.9. The molecule has 0 aliphatic carbocycles. The lowest BCUT2D eigenvalue weighted by molar-refractivity contribution is -0.144. The highest BCUT2D eigenvalue weighted by atomic mass is 16.6. The summed E-state index contributed by atoms with van der Waals surface area (Å²) in [5.74, 6) is -0.0289. The van der Waals surface area contributed by atoms with Crippen molar-refractivity contribution >= 4 is 29.8 Å². The minimum atomic E-state index is -0.527. The van der Waals surface area contributed by atoms with Gasteiger partial charge in [-0.3, -0.25) is 4.79 Å². The van der Waals surface area contributed by atoms with E-state index < -0.39 is 17.9 Å². The van der Waals surface area contributed by atoms with Gasteiger partial charge in [0.05, 0.1) is 44.2 Å². The fourth-order valence-electron chi connectivity index (χ4n) is 5.99. The van der Waals surface area contributed by atoms with Crippen LogP contribution in [0.3, 0.4) is 0 Å². The molecule has 0 N–H and O–H groups in total. The fraction of sp³-hybridized carbons (Fsp3) is 0.460. The molecular weight excluding hydrogens is 793 g/mol. The average Bonchev–Trinajstić information content (AvgIpc) is 3.28. The number of carbonyl (C=O) groups is 5. The highest BCUT2D eigenvalue weighted by Crippen LogP contribution is 2.22. The van der Waals surface area contributed by atoms with E-state index in [2.05, 4.69) is 13.2 Å². The van der Waals surface area contributed by atoms with Gasteiger partial charge in [0.15, 0.2) is 0 Å². The van der Waals surface area contributed by atoms with Crippen molar-refractivity contribution in [2.75, 3.05) is 33.0 Å². The first-order valence-electron chi connectivity index (χ1n) is 21.9. The van der Waals surface area contributed by atoms with Crippen molar-refractivity contribution in [2.45, 2.75) is 116 Å². The molecule has 0 spiro atoms. The van der Waals surface area contributed by atoms with Crippen molar-refractivity contribution in [1.82, 2.24) is 0 Å². The lowest BCUT2D eigenvalue weighted by Gasteiger charge is -2.09. The number of rotatable bonds is 33. The predicted molar refractivity (Wildman–Crippen MR) is 237 cm³/mol. The molecule has 0 radical (unpaired) electrons. The topological polar surface area (TPSA) is 150 Å². The van der Waals surface area contributed by atoms with Crippen LogP contribution in [0, 0.1) is 0 Å². The molecule has 0 atom stereocenters. The zero-order chi connectivity index (χ0) is 44.6. The van der Waals surface area contributed by atoms with E-state index in [1.807, 2.05) is 0 Å². The fourth-order valence-corrected chi connectivity index (χ4v) is 5.99. The zero-order valence-corrected chi connectivity index (χ0v) is 36.4. The molecule has 12 heteroatoms. The molecule has 62 heavy (non-hydrogen) atoms. The minimum absolute atomic E-state index is 0.163. The van der Waals surface area contributed by atoms with E-state index in [0.717, 1.165) is 89.5 Å². The van der Waals surface area contributed by atoms with Gasteiger partial charge in [0.25, 0.3) is 0 Å². The number of benzene rings is 3. The Balaban J connectivity index is 1.17. The largest absolute Gasteiger partial charge is 0.494 e. The van der Waals surface area contributed by atoms with E-state index in [1.165, 1.54) is 19.3 Å². The van der Waals surface area contributed by atoms with Crippen LogP contribution in [0.4, 0.5) is 0 Å². The van der Waals surface area contributed by atoms with Gasteiger partial charge in [-0.1, -0.05) is 58.1 Å². The van der Waals surface area contributed by atoms with Gasteiger partial charge in [-0.05, 0) is 138 Å². The quantitative estimate of drug-likeness (QED) is 0.0189. The second-order valence-corrected chi connectivity index (χ2v) is 14.9. The summed E-state index contributed by atoms with van der Waals surface area (Å²) in [5.41, 5.74) is 1.14. The van der Waals surface area contributed by atoms with Crippen LogP contribution in [0.1, 0.15) is 137 Å². The Labute approximate surface area is 366 Å². The van der Waals surface area contributed by atoms with Gasteiger partial charge in [0.2, 0.25) is 0 Å². The maximum atomic E-state index is 12.7. The van der Waals surface area contributed by atoms with Gasteiger partial charge in [-0.15, -0.1) is 0 Å². The lowest BCUT2D eigenvalue weighted by atomic mass is 10.1. The molecule has 336 valence electrons. The molecule has 0 aliphatic rings. The lowest BCUT2D eigenvalue weighted by Crippen LogP contribution is -2.09. The summed E-state index contributed by atoms with van der Waals surface area (Å²) in [5, 5.41) is 0. The Hall–Kier alpha value is -5.91. The molecule has 0 aliphatic heterocycles. The maximum absolute atomic E-state index is 12.7. The number of unbranched alkanes of at least 4 members (excludes halogenated alkanes) is 13. The van der Waals surface area contributed by atoms with Gasteiger partial charge in [0.1, 0.15) is 23.0 Å². The second-order valence-electron chi connectivity index (χ2n) is 14.9. The number of hydrogen-bond acceptors (Lipinski definition) is 12. The van der Waals surface area contributed by atoms with E-state index in [1.54, 1.807) is 79.7 Å². The van der Waals surface area contributed by atoms with Crippen LogP contribution >= 0.6 is 0 Å². The summed E-state index contributed by atoms with van der Waals surface area (Å²) >= 11 is 0. The van der Waals surface area contributed by atoms with Crippen molar-refractivity contribution in [1.29, 1.82) is 0 Å². The van der Waals surface area contributed by atoms with Crippen LogP contribution in [0.2, 0.25) is 0 Å². The van der Waals surface area contributed by atoms with Crippen molar-refractivity contribution in [3.05, 3.63) is 109 Å². The average molecular weight is 857 g/mol. The summed E-state index contributed by atoms with van der Waals surface area (Å²) in [7, 11) is 0. The highest BCUT2D eigenvalue weighted by molar-refractivity contribution is 5.92. The first-order chi connectivity index (χ1) is 30.1.